The number of nitrogens with one attached hydrogen (secondary N) is 1. The molecule has 23 heavy (non-hydrogen) atoms. The highest BCUT2D eigenvalue weighted by molar-refractivity contribution is 7.17. The van der Waals surface area contributed by atoms with E-state index >= 15 is 0 Å². The van der Waals surface area contributed by atoms with Crippen LogP contribution in [0.1, 0.15) is 11.5 Å². The minimum absolute atomic E-state index is 0.666. The van der Waals surface area contributed by atoms with Crippen LogP contribution in [-0.2, 0) is 6.54 Å². The van der Waals surface area contributed by atoms with Crippen LogP contribution in [0.5, 0.6) is 0 Å². The highest BCUT2D eigenvalue weighted by atomic mass is 32.1. The summed E-state index contributed by atoms with van der Waals surface area (Å²) in [4.78, 5) is 14.5. The van der Waals surface area contributed by atoms with E-state index in [9.17, 15) is 0 Å². The van der Waals surface area contributed by atoms with Gasteiger partial charge in [-0.2, -0.15) is 0 Å². The molecule has 0 saturated heterocycles. The number of anilines is 1. The first kappa shape index (κ1) is 14.3. The predicted octanol–water partition coefficient (Wildman–Crippen LogP) is 4.74. The first-order valence-electron chi connectivity index (χ1n) is 7.23. The molecule has 4 rings (SSSR count). The molecule has 0 aliphatic heterocycles. The number of fused-ring (bicyclic) bond motifs is 1. The number of hydrogen-bond acceptors (Lipinski definition) is 6. The van der Waals surface area contributed by atoms with Gasteiger partial charge in [-0.1, -0.05) is 30.3 Å². The second kappa shape index (κ2) is 6.06. The number of rotatable bonds is 4. The third kappa shape index (κ3) is 2.83. The lowest BCUT2D eigenvalue weighted by Crippen LogP contribution is -2.04. The van der Waals surface area contributed by atoms with Crippen molar-refractivity contribution in [2.75, 3.05) is 5.32 Å². The number of aryl methyl sites for hydroxylation is 1. The Morgan fingerprint density at radius 2 is 1.96 bits per heavy atom. The average molecular weight is 338 g/mol. The fourth-order valence-electron chi connectivity index (χ4n) is 2.51. The van der Waals surface area contributed by atoms with Gasteiger partial charge in [0.25, 0.3) is 0 Å². The normalized spacial score (nSPS) is 11.0. The monoisotopic (exact) mass is 338 g/mol. The summed E-state index contributed by atoms with van der Waals surface area (Å²) in [6.07, 6.45) is 0. The van der Waals surface area contributed by atoms with E-state index in [1.54, 1.807) is 22.7 Å². The van der Waals surface area contributed by atoms with E-state index in [0.717, 1.165) is 27.6 Å². The molecule has 0 atom stereocenters. The fourth-order valence-corrected chi connectivity index (χ4v) is 4.06. The minimum atomic E-state index is 0.666. The van der Waals surface area contributed by atoms with Gasteiger partial charge >= 0.3 is 0 Å². The summed E-state index contributed by atoms with van der Waals surface area (Å²) in [5.74, 6) is 1.65. The molecule has 114 valence electrons. The SMILES string of the molecule is Cc1nc(NCc2cscn2)c2c(-c3ccccc3)csc2n1. The molecular weight excluding hydrogens is 324 g/mol. The number of hydrogen-bond donors (Lipinski definition) is 1. The summed E-state index contributed by atoms with van der Waals surface area (Å²) in [6.45, 7) is 2.59. The van der Waals surface area contributed by atoms with Crippen molar-refractivity contribution in [3.05, 3.63) is 58.1 Å². The molecule has 0 aliphatic carbocycles. The maximum Gasteiger partial charge on any atom is 0.139 e. The molecule has 1 N–H and O–H groups in total. The Morgan fingerprint density at radius 3 is 2.74 bits per heavy atom. The molecular formula is C17H14N4S2. The summed E-state index contributed by atoms with van der Waals surface area (Å²) >= 11 is 3.26. The first-order valence-corrected chi connectivity index (χ1v) is 9.06. The smallest absolute Gasteiger partial charge is 0.139 e. The third-order valence-electron chi connectivity index (χ3n) is 3.55. The van der Waals surface area contributed by atoms with Crippen molar-refractivity contribution >= 4 is 38.7 Å². The van der Waals surface area contributed by atoms with Gasteiger partial charge in [0.15, 0.2) is 0 Å². The van der Waals surface area contributed by atoms with Crippen LogP contribution in [0.3, 0.4) is 0 Å². The molecule has 4 aromatic rings. The van der Waals surface area contributed by atoms with Crippen molar-refractivity contribution in [3.8, 4) is 11.1 Å². The van der Waals surface area contributed by atoms with Crippen LogP contribution in [-0.4, -0.2) is 15.0 Å². The van der Waals surface area contributed by atoms with Gasteiger partial charge in [-0.3, -0.25) is 0 Å². The Hall–Kier alpha value is -2.31. The van der Waals surface area contributed by atoms with E-state index in [2.05, 4.69) is 49.9 Å². The molecule has 0 unspecified atom stereocenters. The number of aromatic nitrogens is 3. The molecule has 0 bridgehead atoms. The Balaban J connectivity index is 1.80. The lowest BCUT2D eigenvalue weighted by molar-refractivity contribution is 1.03. The first-order chi connectivity index (χ1) is 11.3. The van der Waals surface area contributed by atoms with Crippen molar-refractivity contribution < 1.29 is 0 Å². The summed E-state index contributed by atoms with van der Waals surface area (Å²) in [5, 5.41) is 8.71. The van der Waals surface area contributed by atoms with Crippen molar-refractivity contribution in [1.29, 1.82) is 0 Å². The summed E-state index contributed by atoms with van der Waals surface area (Å²) in [6, 6.07) is 10.4. The zero-order valence-electron chi connectivity index (χ0n) is 12.5. The van der Waals surface area contributed by atoms with Crippen molar-refractivity contribution in [1.82, 2.24) is 15.0 Å². The maximum absolute atomic E-state index is 4.62. The Labute approximate surface area is 141 Å². The highest BCUT2D eigenvalue weighted by Crippen LogP contribution is 2.36. The van der Waals surface area contributed by atoms with E-state index in [1.165, 1.54) is 11.1 Å². The Morgan fingerprint density at radius 1 is 1.09 bits per heavy atom. The highest BCUT2D eigenvalue weighted by Gasteiger charge is 2.14. The molecule has 0 spiro atoms. The number of nitrogens with zero attached hydrogens (tertiary/aromatic N) is 3. The number of thiophene rings is 1. The molecule has 3 aromatic heterocycles. The molecule has 4 nitrogen and oxygen atoms in total. The molecule has 0 radical (unpaired) electrons. The van der Waals surface area contributed by atoms with Crippen LogP contribution in [0.2, 0.25) is 0 Å². The van der Waals surface area contributed by atoms with E-state index in [1.807, 2.05) is 23.9 Å². The molecule has 0 fully saturated rings. The van der Waals surface area contributed by atoms with Crippen LogP contribution in [0, 0.1) is 6.92 Å². The maximum atomic E-state index is 4.62. The lowest BCUT2D eigenvalue weighted by Gasteiger charge is -2.08. The van der Waals surface area contributed by atoms with E-state index in [-0.39, 0.29) is 0 Å². The third-order valence-corrected chi connectivity index (χ3v) is 5.06. The van der Waals surface area contributed by atoms with Crippen molar-refractivity contribution in [2.45, 2.75) is 13.5 Å². The molecule has 3 heterocycles. The van der Waals surface area contributed by atoms with Crippen LogP contribution in [0.25, 0.3) is 21.3 Å². The zero-order chi connectivity index (χ0) is 15.6. The fraction of sp³-hybridized carbons (Fsp3) is 0.118. The largest absolute Gasteiger partial charge is 0.364 e. The number of benzene rings is 1. The quantitative estimate of drug-likeness (QED) is 0.584. The molecule has 0 amide bonds. The summed E-state index contributed by atoms with van der Waals surface area (Å²) < 4.78 is 0. The van der Waals surface area contributed by atoms with Crippen LogP contribution < -0.4 is 5.32 Å². The summed E-state index contributed by atoms with van der Waals surface area (Å²) in [7, 11) is 0. The zero-order valence-corrected chi connectivity index (χ0v) is 14.1. The minimum Gasteiger partial charge on any atom is -0.364 e. The standard InChI is InChI=1S/C17H14N4S2/c1-11-20-16(18-7-13-8-22-10-19-13)15-14(9-23-17(15)21-11)12-5-3-2-4-6-12/h2-6,8-10H,7H2,1H3,(H,18,20,21). The van der Waals surface area contributed by atoms with Gasteiger partial charge in [0.05, 0.1) is 23.1 Å². The Kier molecular flexibility index (Phi) is 3.77. The second-order valence-corrected chi connectivity index (χ2v) is 6.73. The predicted molar refractivity (Wildman–Crippen MR) is 97.0 cm³/mol. The van der Waals surface area contributed by atoms with Gasteiger partial charge in [-0.05, 0) is 12.5 Å². The lowest BCUT2D eigenvalue weighted by atomic mass is 10.1. The van der Waals surface area contributed by atoms with Gasteiger partial charge < -0.3 is 5.32 Å². The number of thiazole rings is 1. The van der Waals surface area contributed by atoms with Gasteiger partial charge in [0.2, 0.25) is 0 Å². The van der Waals surface area contributed by atoms with Gasteiger partial charge in [-0.15, -0.1) is 22.7 Å². The topological polar surface area (TPSA) is 50.7 Å². The average Bonchev–Trinajstić information content (AvgIpc) is 3.23. The van der Waals surface area contributed by atoms with Gasteiger partial charge in [-0.25, -0.2) is 15.0 Å². The molecule has 0 saturated carbocycles. The van der Waals surface area contributed by atoms with Gasteiger partial charge in [0.1, 0.15) is 16.5 Å². The van der Waals surface area contributed by atoms with E-state index in [4.69, 9.17) is 0 Å². The summed E-state index contributed by atoms with van der Waals surface area (Å²) in [5.41, 5.74) is 5.22. The van der Waals surface area contributed by atoms with Crippen LogP contribution >= 0.6 is 22.7 Å². The molecule has 1 aromatic carbocycles. The van der Waals surface area contributed by atoms with E-state index in [0.29, 0.717) is 6.54 Å². The van der Waals surface area contributed by atoms with E-state index < -0.39 is 0 Å². The van der Waals surface area contributed by atoms with Crippen LogP contribution in [0.4, 0.5) is 5.82 Å². The van der Waals surface area contributed by atoms with Crippen LogP contribution in [0.15, 0.2) is 46.6 Å². The van der Waals surface area contributed by atoms with Crippen molar-refractivity contribution in [2.24, 2.45) is 0 Å². The van der Waals surface area contributed by atoms with Gasteiger partial charge in [0, 0.05) is 16.3 Å². The Bertz CT molecular complexity index is 930. The second-order valence-electron chi connectivity index (χ2n) is 5.15. The molecule has 6 heteroatoms. The molecule has 0 aliphatic rings. The van der Waals surface area contributed by atoms with Crippen molar-refractivity contribution in [3.63, 3.8) is 0 Å².